The lowest BCUT2D eigenvalue weighted by Crippen LogP contribution is -2.49. The van der Waals surface area contributed by atoms with Crippen LogP contribution in [0, 0.1) is 0 Å². The molecule has 0 spiro atoms. The summed E-state index contributed by atoms with van der Waals surface area (Å²) in [5, 5.41) is 2.89. The summed E-state index contributed by atoms with van der Waals surface area (Å²) in [6.07, 6.45) is -0.221. The molecule has 2 unspecified atom stereocenters. The molecule has 0 aliphatic carbocycles. The molecule has 0 radical (unpaired) electrons. The maximum Gasteiger partial charge on any atom is 0.265 e. The zero-order chi connectivity index (χ0) is 17.5. The smallest absolute Gasteiger partial charge is 0.265 e. The Labute approximate surface area is 147 Å². The third kappa shape index (κ3) is 4.73. The van der Waals surface area contributed by atoms with Gasteiger partial charge in [0, 0.05) is 13.2 Å². The fourth-order valence-corrected chi connectivity index (χ4v) is 2.66. The van der Waals surface area contributed by atoms with Crippen LogP contribution in [0.5, 0.6) is 11.5 Å². The lowest BCUT2D eigenvalue weighted by molar-refractivity contribution is -0.133. The Morgan fingerprint density at radius 1 is 1.04 bits per heavy atom. The molecule has 132 valence electrons. The van der Waals surface area contributed by atoms with E-state index in [-0.39, 0.29) is 12.0 Å². The summed E-state index contributed by atoms with van der Waals surface area (Å²) in [5.74, 6) is 1.12. The Morgan fingerprint density at radius 3 is 2.48 bits per heavy atom. The zero-order valence-corrected chi connectivity index (χ0v) is 14.3. The van der Waals surface area contributed by atoms with E-state index < -0.39 is 6.10 Å². The third-order valence-corrected chi connectivity index (χ3v) is 3.98. The number of para-hydroxylation sites is 2. The fraction of sp³-hybridized carbons (Fsp3) is 0.350. The van der Waals surface area contributed by atoms with Crippen molar-refractivity contribution in [2.75, 3.05) is 13.2 Å². The average Bonchev–Trinajstić information content (AvgIpc) is 2.64. The lowest BCUT2D eigenvalue weighted by atomic mass is 10.1. The first-order valence-electron chi connectivity index (χ1n) is 8.56. The van der Waals surface area contributed by atoms with Gasteiger partial charge in [0.05, 0.1) is 6.61 Å². The normalized spacial score (nSPS) is 18.6. The molecule has 1 amide bonds. The first-order valence-corrected chi connectivity index (χ1v) is 8.56. The van der Waals surface area contributed by atoms with E-state index in [2.05, 4.69) is 5.32 Å². The van der Waals surface area contributed by atoms with Gasteiger partial charge in [0.15, 0.2) is 11.5 Å². The molecule has 0 fully saturated rings. The van der Waals surface area contributed by atoms with Gasteiger partial charge in [0.25, 0.3) is 5.91 Å². The van der Waals surface area contributed by atoms with Crippen molar-refractivity contribution < 1.29 is 19.0 Å². The van der Waals surface area contributed by atoms with Crippen molar-refractivity contribution >= 4 is 5.91 Å². The van der Waals surface area contributed by atoms with Gasteiger partial charge in [-0.25, -0.2) is 0 Å². The van der Waals surface area contributed by atoms with Crippen molar-refractivity contribution in [3.8, 4) is 11.5 Å². The van der Waals surface area contributed by atoms with E-state index in [0.29, 0.717) is 31.3 Å². The molecule has 1 heterocycles. The Hall–Kier alpha value is -2.53. The molecule has 2 aromatic carbocycles. The molecule has 0 aromatic heterocycles. The summed E-state index contributed by atoms with van der Waals surface area (Å²) in [6, 6.07) is 17.4. The maximum atomic E-state index is 12.3. The van der Waals surface area contributed by atoms with Gasteiger partial charge in [-0.3, -0.25) is 4.79 Å². The van der Waals surface area contributed by atoms with Gasteiger partial charge in [0.1, 0.15) is 6.10 Å². The first kappa shape index (κ1) is 17.3. The minimum atomic E-state index is -0.639. The van der Waals surface area contributed by atoms with Crippen LogP contribution in [0.4, 0.5) is 0 Å². The predicted octanol–water partition coefficient (Wildman–Crippen LogP) is 2.94. The second-order valence-electron chi connectivity index (χ2n) is 5.99. The molecule has 0 saturated heterocycles. The molecule has 0 bridgehead atoms. The number of ether oxygens (including phenoxy) is 3. The number of amides is 1. The Balaban J connectivity index is 1.37. The van der Waals surface area contributed by atoms with Gasteiger partial charge in [-0.05, 0) is 31.0 Å². The summed E-state index contributed by atoms with van der Waals surface area (Å²) in [7, 11) is 0. The summed E-state index contributed by atoms with van der Waals surface area (Å²) in [5.41, 5.74) is 1.15. The minimum absolute atomic E-state index is 0.162. The van der Waals surface area contributed by atoms with E-state index in [0.717, 1.165) is 12.0 Å². The number of hydrogen-bond donors (Lipinski definition) is 1. The number of carbonyl (C=O) groups is 1. The molecule has 3 rings (SSSR count). The first-order chi connectivity index (χ1) is 12.2. The fourth-order valence-electron chi connectivity index (χ4n) is 2.66. The molecular formula is C20H23NO4. The van der Waals surface area contributed by atoms with Crippen molar-refractivity contribution in [2.45, 2.75) is 32.2 Å². The molecule has 2 aromatic rings. The van der Waals surface area contributed by atoms with Gasteiger partial charge in [-0.2, -0.15) is 0 Å². The standard InChI is InChI=1S/C20H23NO4/c1-15-19(25-18-11-6-5-10-17(18)24-15)20(22)21-12-7-13-23-14-16-8-3-2-4-9-16/h2-6,8-11,15,19H,7,12-14H2,1H3,(H,21,22). The van der Waals surface area contributed by atoms with Crippen LogP contribution in [-0.4, -0.2) is 31.3 Å². The monoisotopic (exact) mass is 341 g/mol. The van der Waals surface area contributed by atoms with E-state index in [1.54, 1.807) is 6.07 Å². The van der Waals surface area contributed by atoms with E-state index >= 15 is 0 Å². The highest BCUT2D eigenvalue weighted by Crippen LogP contribution is 2.33. The average molecular weight is 341 g/mol. The van der Waals surface area contributed by atoms with Crippen LogP contribution < -0.4 is 14.8 Å². The topological polar surface area (TPSA) is 56.8 Å². The van der Waals surface area contributed by atoms with Crippen LogP contribution in [0.15, 0.2) is 54.6 Å². The zero-order valence-electron chi connectivity index (χ0n) is 14.3. The van der Waals surface area contributed by atoms with Crippen molar-refractivity contribution in [2.24, 2.45) is 0 Å². The lowest BCUT2D eigenvalue weighted by Gasteiger charge is -2.31. The molecule has 2 atom stereocenters. The van der Waals surface area contributed by atoms with E-state index in [1.807, 2.05) is 55.5 Å². The number of carbonyl (C=O) groups excluding carboxylic acids is 1. The molecule has 25 heavy (non-hydrogen) atoms. The van der Waals surface area contributed by atoms with E-state index in [4.69, 9.17) is 14.2 Å². The molecule has 5 heteroatoms. The maximum absolute atomic E-state index is 12.3. The largest absolute Gasteiger partial charge is 0.482 e. The quantitative estimate of drug-likeness (QED) is 0.787. The summed E-state index contributed by atoms with van der Waals surface area (Å²) >= 11 is 0. The molecular weight excluding hydrogens is 318 g/mol. The summed E-state index contributed by atoms with van der Waals surface area (Å²) in [6.45, 7) is 3.56. The van der Waals surface area contributed by atoms with Crippen molar-refractivity contribution in [3.63, 3.8) is 0 Å². The van der Waals surface area contributed by atoms with Crippen LogP contribution in [0.25, 0.3) is 0 Å². The summed E-state index contributed by atoms with van der Waals surface area (Å²) < 4.78 is 17.1. The molecule has 0 saturated carbocycles. The second-order valence-corrected chi connectivity index (χ2v) is 5.99. The number of rotatable bonds is 7. The van der Waals surface area contributed by atoms with Gasteiger partial charge in [0.2, 0.25) is 6.10 Å². The van der Waals surface area contributed by atoms with Crippen LogP contribution in [0.3, 0.4) is 0 Å². The van der Waals surface area contributed by atoms with Crippen LogP contribution in [-0.2, 0) is 16.1 Å². The number of nitrogens with one attached hydrogen (secondary N) is 1. The van der Waals surface area contributed by atoms with E-state index in [1.165, 1.54) is 0 Å². The van der Waals surface area contributed by atoms with E-state index in [9.17, 15) is 4.79 Å². The van der Waals surface area contributed by atoms with Crippen molar-refractivity contribution in [1.29, 1.82) is 0 Å². The predicted molar refractivity (Wildman–Crippen MR) is 94.7 cm³/mol. The third-order valence-electron chi connectivity index (χ3n) is 3.98. The molecule has 1 aliphatic heterocycles. The highest BCUT2D eigenvalue weighted by atomic mass is 16.6. The van der Waals surface area contributed by atoms with Crippen LogP contribution in [0.2, 0.25) is 0 Å². The molecule has 1 N–H and O–H groups in total. The Kier molecular flexibility index (Phi) is 5.90. The highest BCUT2D eigenvalue weighted by molar-refractivity contribution is 5.82. The Morgan fingerprint density at radius 2 is 1.72 bits per heavy atom. The van der Waals surface area contributed by atoms with Crippen LogP contribution >= 0.6 is 0 Å². The Bertz CT molecular complexity index is 689. The number of benzene rings is 2. The second kappa shape index (κ2) is 8.53. The number of fused-ring (bicyclic) bond motifs is 1. The minimum Gasteiger partial charge on any atom is -0.482 e. The van der Waals surface area contributed by atoms with Gasteiger partial charge >= 0.3 is 0 Å². The van der Waals surface area contributed by atoms with Gasteiger partial charge in [-0.15, -0.1) is 0 Å². The van der Waals surface area contributed by atoms with Crippen molar-refractivity contribution in [3.05, 3.63) is 60.2 Å². The summed E-state index contributed by atoms with van der Waals surface area (Å²) in [4.78, 5) is 12.3. The molecule has 5 nitrogen and oxygen atoms in total. The van der Waals surface area contributed by atoms with Gasteiger partial charge < -0.3 is 19.5 Å². The highest BCUT2D eigenvalue weighted by Gasteiger charge is 2.33. The molecule has 1 aliphatic rings. The number of hydrogen-bond acceptors (Lipinski definition) is 4. The SMILES string of the molecule is CC1Oc2ccccc2OC1C(=O)NCCCOCc1ccccc1. The van der Waals surface area contributed by atoms with Crippen LogP contribution in [0.1, 0.15) is 18.9 Å². The van der Waals surface area contributed by atoms with Crippen molar-refractivity contribution in [1.82, 2.24) is 5.32 Å². The van der Waals surface area contributed by atoms with Gasteiger partial charge in [-0.1, -0.05) is 42.5 Å².